The van der Waals surface area contributed by atoms with Crippen molar-refractivity contribution in [2.24, 2.45) is 0 Å². The van der Waals surface area contributed by atoms with Crippen molar-refractivity contribution in [3.63, 3.8) is 0 Å². The highest BCUT2D eigenvalue weighted by atomic mass is 16.5. The minimum absolute atomic E-state index is 0.403. The third-order valence-corrected chi connectivity index (χ3v) is 1.96. The molecule has 0 aromatic carbocycles. The molecule has 0 aromatic heterocycles. The van der Waals surface area contributed by atoms with Crippen LogP contribution in [0.2, 0.25) is 0 Å². The Morgan fingerprint density at radius 1 is 1.20 bits per heavy atom. The Kier molecular flexibility index (Phi) is 11.8. The smallest absolute Gasteiger partial charge is 0.0897 e. The van der Waals surface area contributed by atoms with Gasteiger partial charge in [0.15, 0.2) is 0 Å². The van der Waals surface area contributed by atoms with Crippen molar-refractivity contribution in [1.82, 2.24) is 5.32 Å². The van der Waals surface area contributed by atoms with Crippen molar-refractivity contribution in [2.45, 2.75) is 32.8 Å². The predicted molar refractivity (Wildman–Crippen MR) is 61.1 cm³/mol. The maximum atomic E-state index is 9.39. The second kappa shape index (κ2) is 11.9. The van der Waals surface area contributed by atoms with Gasteiger partial charge in [-0.1, -0.05) is 13.3 Å². The molecule has 0 saturated carbocycles. The Morgan fingerprint density at radius 3 is 2.67 bits per heavy atom. The highest BCUT2D eigenvalue weighted by Gasteiger charge is 2.01. The van der Waals surface area contributed by atoms with Crippen molar-refractivity contribution in [1.29, 1.82) is 0 Å². The summed E-state index contributed by atoms with van der Waals surface area (Å²) in [5.41, 5.74) is 0. The van der Waals surface area contributed by atoms with E-state index in [0.29, 0.717) is 26.4 Å². The Bertz CT molecular complexity index is 122. The maximum Gasteiger partial charge on any atom is 0.0897 e. The SMILES string of the molecule is CCCCOCCNCC(O)COCC. The van der Waals surface area contributed by atoms with Crippen LogP contribution in [0.15, 0.2) is 0 Å². The zero-order chi connectivity index (χ0) is 11.4. The van der Waals surface area contributed by atoms with Crippen molar-refractivity contribution in [3.8, 4) is 0 Å². The van der Waals surface area contributed by atoms with Gasteiger partial charge in [-0.05, 0) is 13.3 Å². The zero-order valence-electron chi connectivity index (χ0n) is 10.00. The highest BCUT2D eigenvalue weighted by molar-refractivity contribution is 4.57. The van der Waals surface area contributed by atoms with E-state index in [4.69, 9.17) is 9.47 Å². The summed E-state index contributed by atoms with van der Waals surface area (Å²) in [6.45, 7) is 8.01. The predicted octanol–water partition coefficient (Wildman–Crippen LogP) is 0.790. The van der Waals surface area contributed by atoms with Crippen LogP contribution in [0.25, 0.3) is 0 Å². The number of hydrogen-bond acceptors (Lipinski definition) is 4. The van der Waals surface area contributed by atoms with Crippen LogP contribution >= 0.6 is 0 Å². The van der Waals surface area contributed by atoms with Gasteiger partial charge in [-0.25, -0.2) is 0 Å². The molecule has 0 spiro atoms. The fourth-order valence-electron chi connectivity index (χ4n) is 1.07. The number of aliphatic hydroxyl groups is 1. The molecule has 0 fully saturated rings. The summed E-state index contributed by atoms with van der Waals surface area (Å²) in [7, 11) is 0. The lowest BCUT2D eigenvalue weighted by Gasteiger charge is -2.11. The quantitative estimate of drug-likeness (QED) is 0.504. The third-order valence-electron chi connectivity index (χ3n) is 1.96. The van der Waals surface area contributed by atoms with Gasteiger partial charge in [0.2, 0.25) is 0 Å². The molecule has 92 valence electrons. The minimum atomic E-state index is -0.416. The van der Waals surface area contributed by atoms with E-state index in [0.717, 1.165) is 19.6 Å². The molecule has 15 heavy (non-hydrogen) atoms. The van der Waals surface area contributed by atoms with Gasteiger partial charge in [-0.15, -0.1) is 0 Å². The molecule has 0 aliphatic carbocycles. The van der Waals surface area contributed by atoms with Crippen molar-refractivity contribution in [3.05, 3.63) is 0 Å². The minimum Gasteiger partial charge on any atom is -0.389 e. The van der Waals surface area contributed by atoms with Crippen LogP contribution < -0.4 is 5.32 Å². The maximum absolute atomic E-state index is 9.39. The van der Waals surface area contributed by atoms with E-state index in [1.165, 1.54) is 6.42 Å². The lowest BCUT2D eigenvalue weighted by atomic mass is 10.3. The molecule has 0 aliphatic rings. The number of rotatable bonds is 11. The largest absolute Gasteiger partial charge is 0.389 e. The molecule has 0 heterocycles. The summed E-state index contributed by atoms with van der Waals surface area (Å²) >= 11 is 0. The van der Waals surface area contributed by atoms with Gasteiger partial charge < -0.3 is 19.9 Å². The van der Waals surface area contributed by atoms with Crippen LogP contribution in [0.4, 0.5) is 0 Å². The van der Waals surface area contributed by atoms with Crippen LogP contribution in [-0.2, 0) is 9.47 Å². The van der Waals surface area contributed by atoms with Gasteiger partial charge in [0.1, 0.15) is 0 Å². The van der Waals surface area contributed by atoms with Crippen molar-refractivity contribution in [2.75, 3.05) is 39.5 Å². The van der Waals surface area contributed by atoms with Crippen LogP contribution in [0.5, 0.6) is 0 Å². The van der Waals surface area contributed by atoms with Crippen LogP contribution in [0.3, 0.4) is 0 Å². The molecule has 0 aromatic rings. The fraction of sp³-hybridized carbons (Fsp3) is 1.00. The van der Waals surface area contributed by atoms with Gasteiger partial charge in [0.25, 0.3) is 0 Å². The van der Waals surface area contributed by atoms with E-state index in [2.05, 4.69) is 12.2 Å². The van der Waals surface area contributed by atoms with Crippen molar-refractivity contribution >= 4 is 0 Å². The molecule has 1 unspecified atom stereocenters. The van der Waals surface area contributed by atoms with Gasteiger partial charge >= 0.3 is 0 Å². The summed E-state index contributed by atoms with van der Waals surface area (Å²) in [5.74, 6) is 0. The van der Waals surface area contributed by atoms with Crippen LogP contribution in [0.1, 0.15) is 26.7 Å². The van der Waals surface area contributed by atoms with E-state index in [1.54, 1.807) is 0 Å². The second-order valence-corrected chi connectivity index (χ2v) is 3.48. The Hall–Kier alpha value is -0.160. The first-order valence-corrected chi connectivity index (χ1v) is 5.85. The fourth-order valence-corrected chi connectivity index (χ4v) is 1.07. The molecule has 0 rings (SSSR count). The van der Waals surface area contributed by atoms with E-state index in [-0.39, 0.29) is 0 Å². The second-order valence-electron chi connectivity index (χ2n) is 3.48. The summed E-state index contributed by atoms with van der Waals surface area (Å²) in [6.07, 6.45) is 1.87. The average molecular weight is 219 g/mol. The Labute approximate surface area is 93.0 Å². The van der Waals surface area contributed by atoms with E-state index in [1.807, 2.05) is 6.92 Å². The third kappa shape index (κ3) is 11.8. The van der Waals surface area contributed by atoms with Gasteiger partial charge in [-0.2, -0.15) is 0 Å². The van der Waals surface area contributed by atoms with Crippen molar-refractivity contribution < 1.29 is 14.6 Å². The number of unbranched alkanes of at least 4 members (excludes halogenated alkanes) is 1. The summed E-state index contributed by atoms with van der Waals surface area (Å²) < 4.78 is 10.4. The van der Waals surface area contributed by atoms with E-state index >= 15 is 0 Å². The van der Waals surface area contributed by atoms with Crippen LogP contribution in [-0.4, -0.2) is 50.7 Å². The van der Waals surface area contributed by atoms with Crippen LogP contribution in [0, 0.1) is 0 Å². The van der Waals surface area contributed by atoms with Gasteiger partial charge in [0.05, 0.1) is 19.3 Å². The first-order chi connectivity index (χ1) is 7.31. The molecule has 1 atom stereocenters. The molecular weight excluding hydrogens is 194 g/mol. The Morgan fingerprint density at radius 2 is 2.00 bits per heavy atom. The normalized spacial score (nSPS) is 13.0. The number of ether oxygens (including phenoxy) is 2. The summed E-state index contributed by atoms with van der Waals surface area (Å²) in [4.78, 5) is 0. The molecule has 0 saturated heterocycles. The monoisotopic (exact) mass is 219 g/mol. The lowest BCUT2D eigenvalue weighted by molar-refractivity contribution is 0.0413. The standard InChI is InChI=1S/C11H25NO3/c1-3-5-7-15-8-6-12-9-11(13)10-14-4-2/h11-13H,3-10H2,1-2H3. The first kappa shape index (κ1) is 14.8. The first-order valence-electron chi connectivity index (χ1n) is 5.85. The van der Waals surface area contributed by atoms with Gasteiger partial charge in [-0.3, -0.25) is 0 Å². The molecule has 2 N–H and O–H groups in total. The summed E-state index contributed by atoms with van der Waals surface area (Å²) in [5, 5.41) is 12.5. The van der Waals surface area contributed by atoms with E-state index < -0.39 is 6.10 Å². The average Bonchev–Trinajstić information content (AvgIpc) is 2.25. The topological polar surface area (TPSA) is 50.7 Å². The van der Waals surface area contributed by atoms with Gasteiger partial charge in [0, 0.05) is 26.3 Å². The number of aliphatic hydroxyl groups excluding tert-OH is 1. The Balaban J connectivity index is 3.02. The number of hydrogen-bond donors (Lipinski definition) is 2. The molecule has 0 radical (unpaired) electrons. The molecule has 0 aliphatic heterocycles. The molecule has 4 heteroatoms. The molecule has 4 nitrogen and oxygen atoms in total. The molecule has 0 amide bonds. The molecule has 0 bridgehead atoms. The zero-order valence-corrected chi connectivity index (χ0v) is 10.00. The molecular formula is C11H25NO3. The highest BCUT2D eigenvalue weighted by Crippen LogP contribution is 1.87. The van der Waals surface area contributed by atoms with E-state index in [9.17, 15) is 5.11 Å². The number of nitrogens with one attached hydrogen (secondary N) is 1. The lowest BCUT2D eigenvalue weighted by Crippen LogP contribution is -2.32. The summed E-state index contributed by atoms with van der Waals surface area (Å²) in [6, 6.07) is 0.